The SMILES string of the molecule is CC(C)(C)c1cn2c(n1)C(CNC(C(N)=O)c1ccccc1)CCC2. The summed E-state index contributed by atoms with van der Waals surface area (Å²) in [7, 11) is 0. The first kappa shape index (κ1) is 17.7. The van der Waals surface area contributed by atoms with Gasteiger partial charge < -0.3 is 15.6 Å². The van der Waals surface area contributed by atoms with E-state index in [4.69, 9.17) is 10.7 Å². The number of hydrogen-bond acceptors (Lipinski definition) is 3. The van der Waals surface area contributed by atoms with Gasteiger partial charge in [0.1, 0.15) is 11.9 Å². The number of fused-ring (bicyclic) bond motifs is 1. The summed E-state index contributed by atoms with van der Waals surface area (Å²) in [5, 5.41) is 3.37. The highest BCUT2D eigenvalue weighted by molar-refractivity contribution is 5.81. The fourth-order valence-electron chi connectivity index (χ4n) is 3.42. The third kappa shape index (κ3) is 3.93. The van der Waals surface area contributed by atoms with Crippen molar-refractivity contribution >= 4 is 5.91 Å². The summed E-state index contributed by atoms with van der Waals surface area (Å²) in [4.78, 5) is 16.8. The predicted molar refractivity (Wildman–Crippen MR) is 99.3 cm³/mol. The predicted octanol–water partition coefficient (Wildman–Crippen LogP) is 2.87. The number of nitrogens with two attached hydrogens (primary N) is 1. The van der Waals surface area contributed by atoms with Crippen LogP contribution in [0.25, 0.3) is 0 Å². The van der Waals surface area contributed by atoms with Crippen LogP contribution in [0.4, 0.5) is 0 Å². The Kier molecular flexibility index (Phi) is 4.95. The fourth-order valence-corrected chi connectivity index (χ4v) is 3.42. The molecule has 2 heterocycles. The quantitative estimate of drug-likeness (QED) is 0.879. The van der Waals surface area contributed by atoms with Crippen molar-refractivity contribution in [2.24, 2.45) is 5.73 Å². The minimum atomic E-state index is -0.464. The van der Waals surface area contributed by atoms with Crippen LogP contribution in [-0.2, 0) is 16.8 Å². The Hall–Kier alpha value is -2.14. The number of carbonyl (C=O) groups is 1. The van der Waals surface area contributed by atoms with E-state index in [1.807, 2.05) is 30.3 Å². The summed E-state index contributed by atoms with van der Waals surface area (Å²) in [5.41, 5.74) is 7.70. The minimum Gasteiger partial charge on any atom is -0.368 e. The van der Waals surface area contributed by atoms with Crippen molar-refractivity contribution in [2.75, 3.05) is 6.54 Å². The van der Waals surface area contributed by atoms with Gasteiger partial charge in [0, 0.05) is 30.6 Å². The number of imidazole rings is 1. The van der Waals surface area contributed by atoms with Crippen molar-refractivity contribution in [3.05, 3.63) is 53.6 Å². The molecule has 1 aromatic carbocycles. The van der Waals surface area contributed by atoms with Crippen LogP contribution in [-0.4, -0.2) is 22.0 Å². The minimum absolute atomic E-state index is 0.0438. The maximum atomic E-state index is 11.9. The highest BCUT2D eigenvalue weighted by Crippen LogP contribution is 2.30. The third-order valence-corrected chi connectivity index (χ3v) is 4.88. The van der Waals surface area contributed by atoms with Crippen LogP contribution in [0.1, 0.15) is 62.7 Å². The molecule has 5 nitrogen and oxygen atoms in total. The number of aromatic nitrogens is 2. The Balaban J connectivity index is 1.76. The Morgan fingerprint density at radius 2 is 2.08 bits per heavy atom. The van der Waals surface area contributed by atoms with E-state index in [9.17, 15) is 4.79 Å². The molecule has 0 bridgehead atoms. The highest BCUT2D eigenvalue weighted by Gasteiger charge is 2.28. The van der Waals surface area contributed by atoms with Gasteiger partial charge in [0.25, 0.3) is 0 Å². The summed E-state index contributed by atoms with van der Waals surface area (Å²) in [5.74, 6) is 1.08. The Labute approximate surface area is 149 Å². The van der Waals surface area contributed by atoms with Crippen LogP contribution >= 0.6 is 0 Å². The largest absolute Gasteiger partial charge is 0.368 e. The summed E-state index contributed by atoms with van der Waals surface area (Å²) in [6, 6.07) is 9.19. The molecular weight excluding hydrogens is 312 g/mol. The van der Waals surface area contributed by atoms with Crippen molar-refractivity contribution in [1.82, 2.24) is 14.9 Å². The number of carbonyl (C=O) groups excluding carboxylic acids is 1. The zero-order valence-corrected chi connectivity index (χ0v) is 15.3. The second-order valence-corrected chi connectivity index (χ2v) is 7.92. The van der Waals surface area contributed by atoms with Gasteiger partial charge in [-0.3, -0.25) is 4.79 Å². The first-order valence-electron chi connectivity index (χ1n) is 9.01. The molecule has 1 aromatic heterocycles. The first-order chi connectivity index (χ1) is 11.9. The van der Waals surface area contributed by atoms with Crippen LogP contribution in [0.2, 0.25) is 0 Å². The second kappa shape index (κ2) is 7.00. The van der Waals surface area contributed by atoms with E-state index in [1.54, 1.807) is 0 Å². The lowest BCUT2D eigenvalue weighted by Gasteiger charge is -2.25. The Morgan fingerprint density at radius 3 is 2.72 bits per heavy atom. The van der Waals surface area contributed by atoms with Gasteiger partial charge in [-0.15, -0.1) is 0 Å². The molecule has 2 aromatic rings. The molecule has 25 heavy (non-hydrogen) atoms. The van der Waals surface area contributed by atoms with Crippen LogP contribution < -0.4 is 11.1 Å². The van der Waals surface area contributed by atoms with Gasteiger partial charge in [-0.05, 0) is 18.4 Å². The maximum Gasteiger partial charge on any atom is 0.239 e. The molecule has 2 atom stereocenters. The standard InChI is InChI=1S/C20H28N4O/c1-20(2,3)16-13-24-11-7-10-15(19(24)23-16)12-22-17(18(21)25)14-8-5-4-6-9-14/h4-6,8-9,13,15,17,22H,7,10-12H2,1-3H3,(H2,21,25). The fraction of sp³-hybridized carbons (Fsp3) is 0.500. The average molecular weight is 340 g/mol. The Bertz CT molecular complexity index is 730. The van der Waals surface area contributed by atoms with Crippen molar-refractivity contribution in [3.8, 4) is 0 Å². The van der Waals surface area contributed by atoms with Crippen LogP contribution in [0, 0.1) is 0 Å². The summed E-state index contributed by atoms with van der Waals surface area (Å²) in [6.45, 7) is 8.28. The van der Waals surface area contributed by atoms with Gasteiger partial charge in [0.2, 0.25) is 5.91 Å². The molecule has 0 saturated carbocycles. The summed E-state index contributed by atoms with van der Waals surface area (Å²) < 4.78 is 2.28. The maximum absolute atomic E-state index is 11.9. The molecule has 134 valence electrons. The number of nitrogens with one attached hydrogen (secondary N) is 1. The van der Waals surface area contributed by atoms with Gasteiger partial charge in [-0.2, -0.15) is 0 Å². The molecule has 5 heteroatoms. The second-order valence-electron chi connectivity index (χ2n) is 7.92. The molecule has 1 aliphatic heterocycles. The van der Waals surface area contributed by atoms with Crippen LogP contribution in [0.5, 0.6) is 0 Å². The van der Waals surface area contributed by atoms with E-state index in [0.717, 1.165) is 36.5 Å². The molecule has 3 rings (SSSR count). The molecule has 2 unspecified atom stereocenters. The lowest BCUT2D eigenvalue weighted by Crippen LogP contribution is -2.37. The summed E-state index contributed by atoms with van der Waals surface area (Å²) in [6.07, 6.45) is 4.39. The molecule has 0 aliphatic carbocycles. The van der Waals surface area contributed by atoms with Gasteiger partial charge in [-0.1, -0.05) is 51.1 Å². The van der Waals surface area contributed by atoms with Crippen LogP contribution in [0.3, 0.4) is 0 Å². The molecule has 0 spiro atoms. The van der Waals surface area contributed by atoms with E-state index in [1.165, 1.54) is 0 Å². The smallest absolute Gasteiger partial charge is 0.239 e. The average Bonchev–Trinajstić information content (AvgIpc) is 3.01. The Morgan fingerprint density at radius 1 is 1.36 bits per heavy atom. The van der Waals surface area contributed by atoms with Crippen molar-refractivity contribution in [3.63, 3.8) is 0 Å². The van der Waals surface area contributed by atoms with Gasteiger partial charge in [-0.25, -0.2) is 4.98 Å². The molecule has 1 aliphatic rings. The molecule has 0 saturated heterocycles. The van der Waals surface area contributed by atoms with E-state index in [0.29, 0.717) is 12.5 Å². The van der Waals surface area contributed by atoms with E-state index in [-0.39, 0.29) is 11.3 Å². The van der Waals surface area contributed by atoms with Crippen molar-refractivity contribution < 1.29 is 4.79 Å². The number of benzene rings is 1. The number of primary amides is 1. The molecular formula is C20H28N4O. The molecule has 0 radical (unpaired) electrons. The van der Waals surface area contributed by atoms with Gasteiger partial charge in [0.15, 0.2) is 0 Å². The molecule has 3 N–H and O–H groups in total. The lowest BCUT2D eigenvalue weighted by atomic mass is 9.93. The van der Waals surface area contributed by atoms with Gasteiger partial charge in [0.05, 0.1) is 5.69 Å². The van der Waals surface area contributed by atoms with Crippen molar-refractivity contribution in [2.45, 2.75) is 57.5 Å². The number of nitrogens with zero attached hydrogens (tertiary/aromatic N) is 2. The monoisotopic (exact) mass is 340 g/mol. The number of hydrogen-bond donors (Lipinski definition) is 2. The zero-order valence-electron chi connectivity index (χ0n) is 15.3. The van der Waals surface area contributed by atoms with E-state index >= 15 is 0 Å². The molecule has 1 amide bonds. The van der Waals surface area contributed by atoms with Crippen LogP contribution in [0.15, 0.2) is 36.5 Å². The normalized spacial score (nSPS) is 18.6. The lowest BCUT2D eigenvalue weighted by molar-refractivity contribution is -0.120. The van der Waals surface area contributed by atoms with Crippen molar-refractivity contribution in [1.29, 1.82) is 0 Å². The summed E-state index contributed by atoms with van der Waals surface area (Å²) >= 11 is 0. The highest BCUT2D eigenvalue weighted by atomic mass is 16.1. The van der Waals surface area contributed by atoms with E-state index in [2.05, 4.69) is 36.9 Å². The van der Waals surface area contributed by atoms with E-state index < -0.39 is 6.04 Å². The number of amides is 1. The third-order valence-electron chi connectivity index (χ3n) is 4.88. The molecule has 0 fully saturated rings. The number of rotatable bonds is 5. The number of aryl methyl sites for hydroxylation is 1. The first-order valence-corrected chi connectivity index (χ1v) is 9.01. The zero-order chi connectivity index (χ0) is 18.0. The topological polar surface area (TPSA) is 72.9 Å². The van der Waals surface area contributed by atoms with Gasteiger partial charge >= 0.3 is 0 Å².